The molecule has 6 rings (SSSR count). The zero-order valence-electron chi connectivity index (χ0n) is 20.2. The second-order valence-electron chi connectivity index (χ2n) is 9.78. The van der Waals surface area contributed by atoms with Gasteiger partial charge in [-0.3, -0.25) is 0 Å². The minimum atomic E-state index is 0.259. The lowest BCUT2D eigenvalue weighted by Gasteiger charge is -2.36. The van der Waals surface area contributed by atoms with E-state index >= 15 is 0 Å². The molecule has 2 aromatic heterocycles. The smallest absolute Gasteiger partial charge is 0.247 e. The summed E-state index contributed by atoms with van der Waals surface area (Å²) < 4.78 is 6.96. The van der Waals surface area contributed by atoms with Crippen LogP contribution in [-0.2, 0) is 4.74 Å². The lowest BCUT2D eigenvalue weighted by molar-refractivity contribution is 0.186. The molecule has 3 aromatic rings. The fraction of sp³-hybridized carbons (Fsp3) is 0.480. The van der Waals surface area contributed by atoms with E-state index in [2.05, 4.69) is 48.1 Å². The number of nitrogens with one attached hydrogen (secondary N) is 3. The largest absolute Gasteiger partial charge is 0.380 e. The number of anilines is 4. The Labute approximate surface area is 219 Å². The third kappa shape index (κ3) is 4.98. The quantitative estimate of drug-likeness (QED) is 0.427. The molecule has 11 nitrogen and oxygen atoms in total. The highest BCUT2D eigenvalue weighted by Crippen LogP contribution is 2.37. The number of fused-ring (bicyclic) bond motifs is 1. The van der Waals surface area contributed by atoms with Crippen LogP contribution < -0.4 is 20.9 Å². The lowest BCUT2D eigenvalue weighted by atomic mass is 10.0. The second kappa shape index (κ2) is 10.0. The van der Waals surface area contributed by atoms with Crippen molar-refractivity contribution in [2.45, 2.75) is 50.2 Å². The summed E-state index contributed by atoms with van der Waals surface area (Å²) in [4.78, 5) is 11.2. The SMILES string of the molecule is N#Cc1cc(Nc2nc(NC3CC3)c3ncc(C#N)n3n2)c(Cl)c(N2CCC(NC3CCOC3)CC2)c1. The summed E-state index contributed by atoms with van der Waals surface area (Å²) >= 11 is 6.90. The van der Waals surface area contributed by atoms with Crippen LogP contribution in [0.25, 0.3) is 5.65 Å². The van der Waals surface area contributed by atoms with Crippen molar-refractivity contribution in [1.29, 1.82) is 10.5 Å². The van der Waals surface area contributed by atoms with E-state index in [0.717, 1.165) is 64.1 Å². The zero-order valence-corrected chi connectivity index (χ0v) is 21.0. The van der Waals surface area contributed by atoms with E-state index < -0.39 is 0 Å². The van der Waals surface area contributed by atoms with Crippen LogP contribution in [0.15, 0.2) is 18.3 Å². The summed E-state index contributed by atoms with van der Waals surface area (Å²) in [6.45, 7) is 3.28. The van der Waals surface area contributed by atoms with Crippen molar-refractivity contribution >= 4 is 40.4 Å². The Bertz CT molecular complexity index is 1390. The monoisotopic (exact) mass is 518 g/mol. The Balaban J connectivity index is 1.26. The molecule has 0 radical (unpaired) electrons. The van der Waals surface area contributed by atoms with Crippen molar-refractivity contribution in [2.24, 2.45) is 0 Å². The number of imidazole rings is 1. The number of ether oxygens (including phenoxy) is 1. The van der Waals surface area contributed by atoms with Gasteiger partial charge in [0.15, 0.2) is 17.2 Å². The molecule has 3 N–H and O–H groups in total. The van der Waals surface area contributed by atoms with Gasteiger partial charge in [0.2, 0.25) is 5.95 Å². The molecular weight excluding hydrogens is 492 g/mol. The van der Waals surface area contributed by atoms with Gasteiger partial charge in [-0.2, -0.15) is 20.0 Å². The minimum absolute atomic E-state index is 0.259. The summed E-state index contributed by atoms with van der Waals surface area (Å²) in [5, 5.41) is 34.5. The second-order valence-corrected chi connectivity index (χ2v) is 10.2. The highest BCUT2D eigenvalue weighted by Gasteiger charge is 2.27. The predicted octanol–water partition coefficient (Wildman–Crippen LogP) is 3.19. The van der Waals surface area contributed by atoms with Crippen LogP contribution in [0.3, 0.4) is 0 Å². The Morgan fingerprint density at radius 2 is 1.86 bits per heavy atom. The first-order valence-corrected chi connectivity index (χ1v) is 13.0. The summed E-state index contributed by atoms with van der Waals surface area (Å²) in [5.41, 5.74) is 2.63. The van der Waals surface area contributed by atoms with Gasteiger partial charge in [0.05, 0.1) is 40.8 Å². The van der Waals surface area contributed by atoms with Crippen LogP contribution in [0, 0.1) is 22.7 Å². The number of benzene rings is 1. The number of piperidine rings is 1. The third-order valence-corrected chi connectivity index (χ3v) is 7.46. The molecule has 3 fully saturated rings. The normalized spacial score (nSPS) is 20.1. The van der Waals surface area contributed by atoms with Gasteiger partial charge in [-0.25, -0.2) is 4.98 Å². The maximum atomic E-state index is 9.72. The molecule has 1 saturated carbocycles. The van der Waals surface area contributed by atoms with E-state index in [4.69, 9.17) is 16.3 Å². The molecule has 0 bridgehead atoms. The number of aromatic nitrogens is 4. The van der Waals surface area contributed by atoms with Gasteiger partial charge in [0.25, 0.3) is 0 Å². The standard InChI is InChI=1S/C25H27ClN10O/c26-22-20(32-25-33-23(31-16-1-2-16)24-29-13-19(12-28)36(24)34-25)9-15(11-27)10-21(22)35-6-3-17(4-7-35)30-18-5-8-37-14-18/h9-10,13,16-18,30H,1-8,14H2,(H2,31,32,33,34). The molecule has 1 unspecified atom stereocenters. The van der Waals surface area contributed by atoms with E-state index in [-0.39, 0.29) is 5.95 Å². The Morgan fingerprint density at radius 1 is 1.03 bits per heavy atom. The number of hydrogen-bond acceptors (Lipinski definition) is 10. The summed E-state index contributed by atoms with van der Waals surface area (Å²) in [5.74, 6) is 0.811. The van der Waals surface area contributed by atoms with Gasteiger partial charge >= 0.3 is 0 Å². The maximum absolute atomic E-state index is 9.72. The van der Waals surface area contributed by atoms with Crippen LogP contribution in [0.4, 0.5) is 23.1 Å². The zero-order chi connectivity index (χ0) is 25.4. The van der Waals surface area contributed by atoms with Gasteiger partial charge in [-0.1, -0.05) is 11.6 Å². The Kier molecular flexibility index (Phi) is 6.43. The van der Waals surface area contributed by atoms with E-state index in [9.17, 15) is 10.5 Å². The molecule has 4 heterocycles. The molecule has 0 amide bonds. The van der Waals surface area contributed by atoms with Gasteiger partial charge in [-0.15, -0.1) is 5.10 Å². The Hall–Kier alpha value is -3.64. The summed E-state index contributed by atoms with van der Waals surface area (Å²) in [7, 11) is 0. The average Bonchev–Trinajstić information content (AvgIpc) is 3.40. The van der Waals surface area contributed by atoms with Crippen molar-refractivity contribution in [3.05, 3.63) is 34.6 Å². The molecule has 3 aliphatic rings. The molecule has 1 atom stereocenters. The van der Waals surface area contributed by atoms with Crippen molar-refractivity contribution in [2.75, 3.05) is 41.8 Å². The van der Waals surface area contributed by atoms with Crippen molar-refractivity contribution in [3.8, 4) is 12.1 Å². The molecule has 2 aliphatic heterocycles. The van der Waals surface area contributed by atoms with Gasteiger partial charge in [0, 0.05) is 37.8 Å². The van der Waals surface area contributed by atoms with Gasteiger partial charge in [-0.05, 0) is 44.2 Å². The van der Waals surface area contributed by atoms with Crippen LogP contribution in [0.5, 0.6) is 0 Å². The molecule has 1 aliphatic carbocycles. The van der Waals surface area contributed by atoms with Crippen molar-refractivity contribution in [3.63, 3.8) is 0 Å². The number of nitriles is 2. The van der Waals surface area contributed by atoms with E-state index in [1.165, 1.54) is 10.7 Å². The molecular formula is C25H27ClN10O. The molecule has 12 heteroatoms. The van der Waals surface area contributed by atoms with Crippen LogP contribution >= 0.6 is 11.6 Å². The highest BCUT2D eigenvalue weighted by atomic mass is 35.5. The fourth-order valence-corrected chi connectivity index (χ4v) is 5.21. The topological polar surface area (TPSA) is 139 Å². The number of halogens is 1. The third-order valence-electron chi connectivity index (χ3n) is 7.06. The molecule has 1 aromatic carbocycles. The lowest BCUT2D eigenvalue weighted by Crippen LogP contribution is -2.46. The molecule has 190 valence electrons. The van der Waals surface area contributed by atoms with Gasteiger partial charge in [0.1, 0.15) is 6.07 Å². The molecule has 37 heavy (non-hydrogen) atoms. The van der Waals surface area contributed by atoms with Crippen LogP contribution in [-0.4, -0.2) is 64.0 Å². The van der Waals surface area contributed by atoms with E-state index in [0.29, 0.717) is 51.6 Å². The van der Waals surface area contributed by atoms with E-state index in [1.54, 1.807) is 6.07 Å². The van der Waals surface area contributed by atoms with E-state index in [1.807, 2.05) is 6.07 Å². The predicted molar refractivity (Wildman–Crippen MR) is 139 cm³/mol. The van der Waals surface area contributed by atoms with Crippen molar-refractivity contribution in [1.82, 2.24) is 24.9 Å². The average molecular weight is 519 g/mol. The van der Waals surface area contributed by atoms with Crippen LogP contribution in [0.1, 0.15) is 43.4 Å². The van der Waals surface area contributed by atoms with Crippen LogP contribution in [0.2, 0.25) is 5.02 Å². The molecule has 2 saturated heterocycles. The minimum Gasteiger partial charge on any atom is -0.380 e. The summed E-state index contributed by atoms with van der Waals surface area (Å²) in [6, 6.07) is 9.10. The van der Waals surface area contributed by atoms with Crippen molar-refractivity contribution < 1.29 is 4.74 Å². The number of rotatable bonds is 7. The first-order chi connectivity index (χ1) is 18.1. The first-order valence-electron chi connectivity index (χ1n) is 12.6. The first kappa shape index (κ1) is 23.7. The number of nitrogens with zero attached hydrogens (tertiary/aromatic N) is 7. The number of hydrogen-bond donors (Lipinski definition) is 3. The fourth-order valence-electron chi connectivity index (χ4n) is 4.93. The maximum Gasteiger partial charge on any atom is 0.247 e. The van der Waals surface area contributed by atoms with Gasteiger partial charge < -0.3 is 25.6 Å². The summed E-state index contributed by atoms with van der Waals surface area (Å²) in [6.07, 6.45) is 6.63. The Morgan fingerprint density at radius 3 is 2.57 bits per heavy atom. The molecule has 0 spiro atoms. The highest BCUT2D eigenvalue weighted by molar-refractivity contribution is 6.36.